The van der Waals surface area contributed by atoms with Gasteiger partial charge in [0.2, 0.25) is 11.8 Å². The Hall–Kier alpha value is -1.88. The van der Waals surface area contributed by atoms with Gasteiger partial charge in [0.15, 0.2) is 0 Å². The zero-order valence-electron chi connectivity index (χ0n) is 13.6. The van der Waals surface area contributed by atoms with E-state index in [1.807, 2.05) is 23.1 Å². The van der Waals surface area contributed by atoms with E-state index in [9.17, 15) is 9.59 Å². The molecule has 2 aliphatic rings. The van der Waals surface area contributed by atoms with Gasteiger partial charge in [-0.25, -0.2) is 0 Å². The quantitative estimate of drug-likeness (QED) is 0.842. The van der Waals surface area contributed by atoms with E-state index in [0.29, 0.717) is 32.7 Å². The molecule has 2 amide bonds. The van der Waals surface area contributed by atoms with Gasteiger partial charge in [0.05, 0.1) is 18.6 Å². The third-order valence-corrected chi connectivity index (χ3v) is 4.74. The molecule has 23 heavy (non-hydrogen) atoms. The van der Waals surface area contributed by atoms with E-state index in [1.54, 1.807) is 11.9 Å². The third-order valence-electron chi connectivity index (χ3n) is 4.74. The number of carbonyl (C=O) groups excluding carboxylic acids is 2. The Morgan fingerprint density at radius 3 is 2.74 bits per heavy atom. The zero-order valence-corrected chi connectivity index (χ0v) is 13.6. The van der Waals surface area contributed by atoms with Crippen molar-refractivity contribution < 1.29 is 14.3 Å². The molecule has 1 aromatic rings. The molecule has 0 unspecified atom stereocenters. The van der Waals surface area contributed by atoms with Crippen molar-refractivity contribution in [1.29, 1.82) is 0 Å². The molecule has 2 atom stereocenters. The van der Waals surface area contributed by atoms with Crippen molar-refractivity contribution >= 4 is 11.8 Å². The largest absolute Gasteiger partial charge is 0.375 e. The van der Waals surface area contributed by atoms with Crippen LogP contribution >= 0.6 is 0 Å². The van der Waals surface area contributed by atoms with Crippen LogP contribution in [0, 0.1) is 5.92 Å². The van der Waals surface area contributed by atoms with Crippen molar-refractivity contribution in [1.82, 2.24) is 9.80 Å². The SMILES string of the molecule is CN1C[C@H](C(=O)N2CCO[C@@H](CCc3ccccc3)C2)CC1=O. The van der Waals surface area contributed by atoms with Crippen LogP contribution in [-0.2, 0) is 20.7 Å². The van der Waals surface area contributed by atoms with E-state index in [4.69, 9.17) is 4.74 Å². The predicted molar refractivity (Wildman–Crippen MR) is 86.8 cm³/mol. The molecular formula is C18H24N2O3. The first-order valence-electron chi connectivity index (χ1n) is 8.32. The van der Waals surface area contributed by atoms with Gasteiger partial charge >= 0.3 is 0 Å². The van der Waals surface area contributed by atoms with Crippen LogP contribution in [-0.4, -0.2) is 61.0 Å². The van der Waals surface area contributed by atoms with Crippen LogP contribution in [0.25, 0.3) is 0 Å². The summed E-state index contributed by atoms with van der Waals surface area (Å²) in [5.41, 5.74) is 1.29. The van der Waals surface area contributed by atoms with Gasteiger partial charge < -0.3 is 14.5 Å². The van der Waals surface area contributed by atoms with Crippen LogP contribution in [0.5, 0.6) is 0 Å². The number of benzene rings is 1. The van der Waals surface area contributed by atoms with E-state index < -0.39 is 0 Å². The molecule has 0 radical (unpaired) electrons. The van der Waals surface area contributed by atoms with Crippen LogP contribution in [0.4, 0.5) is 0 Å². The zero-order chi connectivity index (χ0) is 16.2. The molecule has 1 aromatic carbocycles. The summed E-state index contributed by atoms with van der Waals surface area (Å²) in [5, 5.41) is 0. The summed E-state index contributed by atoms with van der Waals surface area (Å²) in [6, 6.07) is 10.3. The highest BCUT2D eigenvalue weighted by Gasteiger charge is 2.36. The number of hydrogen-bond donors (Lipinski definition) is 0. The van der Waals surface area contributed by atoms with E-state index in [-0.39, 0.29) is 23.8 Å². The fourth-order valence-corrected chi connectivity index (χ4v) is 3.35. The maximum Gasteiger partial charge on any atom is 0.228 e. The highest BCUT2D eigenvalue weighted by atomic mass is 16.5. The standard InChI is InChI=1S/C18H24N2O3/c1-19-12-15(11-17(19)21)18(22)20-9-10-23-16(13-20)8-7-14-5-3-2-4-6-14/h2-6,15-16H,7-13H2,1H3/t15-,16+/m1/s1. The molecule has 2 fully saturated rings. The number of morpholine rings is 1. The van der Waals surface area contributed by atoms with Gasteiger partial charge in [-0.2, -0.15) is 0 Å². The molecule has 2 saturated heterocycles. The minimum absolute atomic E-state index is 0.0669. The van der Waals surface area contributed by atoms with Crippen LogP contribution in [0.1, 0.15) is 18.4 Å². The van der Waals surface area contributed by atoms with Crippen LogP contribution < -0.4 is 0 Å². The van der Waals surface area contributed by atoms with E-state index in [0.717, 1.165) is 12.8 Å². The Morgan fingerprint density at radius 1 is 1.26 bits per heavy atom. The average Bonchev–Trinajstić information content (AvgIpc) is 2.92. The summed E-state index contributed by atoms with van der Waals surface area (Å²) in [6.07, 6.45) is 2.30. The molecule has 124 valence electrons. The minimum Gasteiger partial charge on any atom is -0.375 e. The minimum atomic E-state index is -0.180. The Bertz CT molecular complexity index is 561. The van der Waals surface area contributed by atoms with Gasteiger partial charge in [0.1, 0.15) is 0 Å². The highest BCUT2D eigenvalue weighted by molar-refractivity contribution is 5.89. The number of amides is 2. The van der Waals surface area contributed by atoms with Gasteiger partial charge in [-0.15, -0.1) is 0 Å². The molecule has 0 aromatic heterocycles. The lowest BCUT2D eigenvalue weighted by Crippen LogP contribution is -2.48. The molecule has 0 N–H and O–H groups in total. The second kappa shape index (κ2) is 7.13. The number of ether oxygens (including phenoxy) is 1. The number of hydrogen-bond acceptors (Lipinski definition) is 3. The van der Waals surface area contributed by atoms with E-state index >= 15 is 0 Å². The monoisotopic (exact) mass is 316 g/mol. The molecule has 2 heterocycles. The first kappa shape index (κ1) is 16.0. The molecule has 0 aliphatic carbocycles. The van der Waals surface area contributed by atoms with Gasteiger partial charge in [-0.05, 0) is 18.4 Å². The summed E-state index contributed by atoms with van der Waals surface area (Å²) in [7, 11) is 1.76. The fourth-order valence-electron chi connectivity index (χ4n) is 3.35. The molecule has 5 heteroatoms. The summed E-state index contributed by atoms with van der Waals surface area (Å²) in [4.78, 5) is 27.8. The number of rotatable bonds is 4. The Balaban J connectivity index is 1.52. The summed E-state index contributed by atoms with van der Waals surface area (Å²) < 4.78 is 5.81. The van der Waals surface area contributed by atoms with Crippen molar-refractivity contribution in [2.24, 2.45) is 5.92 Å². The topological polar surface area (TPSA) is 49.9 Å². The number of likely N-dealkylation sites (tertiary alicyclic amines) is 1. The van der Waals surface area contributed by atoms with Crippen LogP contribution in [0.3, 0.4) is 0 Å². The number of aryl methyl sites for hydroxylation is 1. The molecule has 0 saturated carbocycles. The summed E-state index contributed by atoms with van der Waals surface area (Å²) >= 11 is 0. The molecule has 0 bridgehead atoms. The van der Waals surface area contributed by atoms with Crippen molar-refractivity contribution in [3.8, 4) is 0 Å². The Kier molecular flexibility index (Phi) is 4.96. The van der Waals surface area contributed by atoms with Crippen molar-refractivity contribution in [2.75, 3.05) is 33.3 Å². The van der Waals surface area contributed by atoms with Crippen molar-refractivity contribution in [2.45, 2.75) is 25.4 Å². The van der Waals surface area contributed by atoms with Crippen LogP contribution in [0.15, 0.2) is 30.3 Å². The lowest BCUT2D eigenvalue weighted by atomic mass is 10.0. The molecule has 3 rings (SSSR count). The summed E-state index contributed by atoms with van der Waals surface area (Å²) in [5.74, 6) is -0.00618. The van der Waals surface area contributed by atoms with Crippen molar-refractivity contribution in [3.05, 3.63) is 35.9 Å². The second-order valence-electron chi connectivity index (χ2n) is 6.48. The van der Waals surface area contributed by atoms with Gasteiger partial charge in [-0.3, -0.25) is 9.59 Å². The summed E-state index contributed by atoms with van der Waals surface area (Å²) in [6.45, 7) is 2.40. The van der Waals surface area contributed by atoms with Gasteiger partial charge in [0, 0.05) is 33.1 Å². The van der Waals surface area contributed by atoms with Gasteiger partial charge in [-0.1, -0.05) is 30.3 Å². The predicted octanol–water partition coefficient (Wildman–Crippen LogP) is 1.32. The lowest BCUT2D eigenvalue weighted by Gasteiger charge is -2.34. The smallest absolute Gasteiger partial charge is 0.228 e. The molecule has 0 spiro atoms. The van der Waals surface area contributed by atoms with Crippen molar-refractivity contribution in [3.63, 3.8) is 0 Å². The maximum atomic E-state index is 12.6. The Morgan fingerprint density at radius 2 is 2.04 bits per heavy atom. The highest BCUT2D eigenvalue weighted by Crippen LogP contribution is 2.21. The molecule has 5 nitrogen and oxygen atoms in total. The number of nitrogens with zero attached hydrogens (tertiary/aromatic N) is 2. The fraction of sp³-hybridized carbons (Fsp3) is 0.556. The van der Waals surface area contributed by atoms with E-state index in [1.165, 1.54) is 5.56 Å². The Labute approximate surface area is 137 Å². The first-order chi connectivity index (χ1) is 11.1. The third kappa shape index (κ3) is 3.91. The van der Waals surface area contributed by atoms with E-state index in [2.05, 4.69) is 12.1 Å². The molecular weight excluding hydrogens is 292 g/mol. The average molecular weight is 316 g/mol. The normalized spacial score (nSPS) is 25.0. The van der Waals surface area contributed by atoms with Crippen LogP contribution in [0.2, 0.25) is 0 Å². The first-order valence-corrected chi connectivity index (χ1v) is 8.32. The second-order valence-corrected chi connectivity index (χ2v) is 6.48. The maximum absolute atomic E-state index is 12.6. The number of carbonyl (C=O) groups is 2. The lowest BCUT2D eigenvalue weighted by molar-refractivity contribution is -0.143. The molecule has 2 aliphatic heterocycles. The van der Waals surface area contributed by atoms with Gasteiger partial charge in [0.25, 0.3) is 0 Å².